The van der Waals surface area contributed by atoms with Crippen LogP contribution in [0.4, 0.5) is 0 Å². The molecule has 0 spiro atoms. The van der Waals surface area contributed by atoms with Gasteiger partial charge in [0, 0.05) is 12.0 Å². The molecule has 1 radical (unpaired) electrons. The Morgan fingerprint density at radius 2 is 1.94 bits per heavy atom. The van der Waals surface area contributed by atoms with Gasteiger partial charge in [0.2, 0.25) is 0 Å². The van der Waals surface area contributed by atoms with Crippen molar-refractivity contribution in [3.8, 4) is 0 Å². The molecule has 1 atom stereocenters. The first-order chi connectivity index (χ1) is 8.65. The van der Waals surface area contributed by atoms with E-state index in [0.717, 1.165) is 0 Å². The van der Waals surface area contributed by atoms with E-state index < -0.39 is 12.0 Å². The maximum atomic E-state index is 11.7. The number of amides is 1. The summed E-state index contributed by atoms with van der Waals surface area (Å²) in [4.78, 5) is 32.5. The third-order valence-electron chi connectivity index (χ3n) is 2.52. The molecule has 5 nitrogen and oxygen atoms in total. The zero-order valence-electron chi connectivity index (χ0n) is 9.76. The molecule has 95 valence electrons. The van der Waals surface area contributed by atoms with Crippen LogP contribution in [0.15, 0.2) is 30.3 Å². The second kappa shape index (κ2) is 7.21. The van der Waals surface area contributed by atoms with Crippen molar-refractivity contribution in [3.63, 3.8) is 0 Å². The Balaban J connectivity index is 2.39. The SMILES string of the molecule is O=[C]NC(CCCC(=O)c1ccccc1)C(=O)O. The minimum atomic E-state index is -1.12. The number of carboxylic acids is 1. The van der Waals surface area contributed by atoms with Crippen LogP contribution in [0.5, 0.6) is 0 Å². The van der Waals surface area contributed by atoms with Crippen LogP contribution in [-0.2, 0) is 9.59 Å². The highest BCUT2D eigenvalue weighted by Gasteiger charge is 2.16. The van der Waals surface area contributed by atoms with Crippen molar-refractivity contribution in [2.45, 2.75) is 25.3 Å². The quantitative estimate of drug-likeness (QED) is 0.534. The maximum absolute atomic E-state index is 11.7. The van der Waals surface area contributed by atoms with Gasteiger partial charge in [0.05, 0.1) is 0 Å². The highest BCUT2D eigenvalue weighted by atomic mass is 16.4. The lowest BCUT2D eigenvalue weighted by Gasteiger charge is -2.09. The third-order valence-corrected chi connectivity index (χ3v) is 2.52. The van der Waals surface area contributed by atoms with Gasteiger partial charge < -0.3 is 10.4 Å². The van der Waals surface area contributed by atoms with Gasteiger partial charge in [0.1, 0.15) is 6.04 Å². The Kier molecular flexibility index (Phi) is 5.57. The minimum absolute atomic E-state index is 0.0326. The minimum Gasteiger partial charge on any atom is -0.480 e. The van der Waals surface area contributed by atoms with E-state index in [0.29, 0.717) is 12.0 Å². The molecule has 1 aromatic rings. The number of nitrogens with one attached hydrogen (secondary N) is 1. The summed E-state index contributed by atoms with van der Waals surface area (Å²) in [5.41, 5.74) is 0.610. The summed E-state index contributed by atoms with van der Waals surface area (Å²) in [6.07, 6.45) is 2.23. The van der Waals surface area contributed by atoms with Crippen molar-refractivity contribution in [2.75, 3.05) is 0 Å². The summed E-state index contributed by atoms with van der Waals surface area (Å²) in [6.45, 7) is 0. The molecule has 0 saturated carbocycles. The molecule has 0 aromatic heterocycles. The molecule has 1 rings (SSSR count). The molecule has 5 heteroatoms. The van der Waals surface area contributed by atoms with Crippen molar-refractivity contribution in [1.29, 1.82) is 0 Å². The number of aliphatic carboxylic acids is 1. The van der Waals surface area contributed by atoms with Gasteiger partial charge in [0.25, 0.3) is 0 Å². The maximum Gasteiger partial charge on any atom is 0.326 e. The number of carbonyl (C=O) groups is 2. The zero-order chi connectivity index (χ0) is 13.4. The lowest BCUT2D eigenvalue weighted by molar-refractivity contribution is -0.139. The van der Waals surface area contributed by atoms with Gasteiger partial charge >= 0.3 is 12.4 Å². The average Bonchev–Trinajstić information content (AvgIpc) is 2.38. The molecule has 0 aliphatic rings. The number of Topliss-reactive ketones (excluding diaryl/α,β-unsaturated/α-hetero) is 1. The van der Waals surface area contributed by atoms with Gasteiger partial charge in [-0.3, -0.25) is 9.59 Å². The standard InChI is InChI=1S/C13H14NO4/c15-9-14-11(13(17)18)7-4-8-12(16)10-5-2-1-3-6-10/h1-3,5-6,11H,4,7-8H2,(H,14,15)(H,17,18). The van der Waals surface area contributed by atoms with Gasteiger partial charge in [0.15, 0.2) is 5.78 Å². The van der Waals surface area contributed by atoms with E-state index in [4.69, 9.17) is 5.11 Å². The van der Waals surface area contributed by atoms with E-state index in [1.807, 2.05) is 6.07 Å². The zero-order valence-corrected chi connectivity index (χ0v) is 9.76. The molecule has 0 heterocycles. The second-order valence-corrected chi connectivity index (χ2v) is 3.82. The molecule has 18 heavy (non-hydrogen) atoms. The van der Waals surface area contributed by atoms with E-state index in [2.05, 4.69) is 5.32 Å². The summed E-state index contributed by atoms with van der Waals surface area (Å²) in [5, 5.41) is 10.8. The fourth-order valence-electron chi connectivity index (χ4n) is 1.56. The first kappa shape index (κ1) is 13.9. The predicted molar refractivity (Wildman–Crippen MR) is 64.9 cm³/mol. The summed E-state index contributed by atoms with van der Waals surface area (Å²) in [6, 6.07) is 7.82. The Morgan fingerprint density at radius 3 is 2.50 bits per heavy atom. The molecule has 0 aliphatic carbocycles. The molecule has 0 saturated heterocycles. The Labute approximate surface area is 105 Å². The van der Waals surface area contributed by atoms with Crippen molar-refractivity contribution < 1.29 is 19.5 Å². The molecular formula is C13H14NO4. The van der Waals surface area contributed by atoms with Gasteiger partial charge in [-0.1, -0.05) is 30.3 Å². The van der Waals surface area contributed by atoms with E-state index in [1.54, 1.807) is 24.3 Å². The number of hydrogen-bond donors (Lipinski definition) is 2. The van der Waals surface area contributed by atoms with Crippen LogP contribution < -0.4 is 5.32 Å². The van der Waals surface area contributed by atoms with Crippen LogP contribution in [0, 0.1) is 0 Å². The Hall–Kier alpha value is -2.17. The van der Waals surface area contributed by atoms with Crippen LogP contribution in [0.25, 0.3) is 0 Å². The highest BCUT2D eigenvalue weighted by molar-refractivity contribution is 5.95. The topological polar surface area (TPSA) is 83.5 Å². The predicted octanol–water partition coefficient (Wildman–Crippen LogP) is 1.15. The summed E-state index contributed by atoms with van der Waals surface area (Å²) < 4.78 is 0. The van der Waals surface area contributed by atoms with Crippen LogP contribution >= 0.6 is 0 Å². The fourth-order valence-corrected chi connectivity index (χ4v) is 1.56. The van der Waals surface area contributed by atoms with E-state index >= 15 is 0 Å². The molecular weight excluding hydrogens is 234 g/mol. The smallest absolute Gasteiger partial charge is 0.326 e. The summed E-state index contributed by atoms with van der Waals surface area (Å²) in [5.74, 6) is -1.15. The lowest BCUT2D eigenvalue weighted by atomic mass is 10.0. The van der Waals surface area contributed by atoms with Crippen LogP contribution in [-0.4, -0.2) is 29.3 Å². The largest absolute Gasteiger partial charge is 0.480 e. The first-order valence-corrected chi connectivity index (χ1v) is 5.59. The van der Waals surface area contributed by atoms with Gasteiger partial charge in [-0.2, -0.15) is 0 Å². The normalized spacial score (nSPS) is 11.6. The van der Waals surface area contributed by atoms with Gasteiger partial charge in [-0.15, -0.1) is 0 Å². The molecule has 0 fully saturated rings. The van der Waals surface area contributed by atoms with E-state index in [9.17, 15) is 14.4 Å². The number of carbonyl (C=O) groups excluding carboxylic acids is 2. The number of rotatable bonds is 8. The number of hydrogen-bond acceptors (Lipinski definition) is 3. The number of carboxylic acid groups (broad SMARTS) is 1. The Morgan fingerprint density at radius 1 is 1.28 bits per heavy atom. The van der Waals surface area contributed by atoms with Crippen LogP contribution in [0.2, 0.25) is 0 Å². The van der Waals surface area contributed by atoms with Crippen molar-refractivity contribution in [2.24, 2.45) is 0 Å². The molecule has 1 aromatic carbocycles. The Bertz CT molecular complexity index is 416. The number of ketones is 1. The van der Waals surface area contributed by atoms with Gasteiger partial charge in [-0.25, -0.2) is 4.79 Å². The summed E-state index contributed by atoms with van der Waals surface area (Å²) in [7, 11) is 0. The molecule has 2 N–H and O–H groups in total. The first-order valence-electron chi connectivity index (χ1n) is 5.59. The van der Waals surface area contributed by atoms with E-state index in [1.165, 1.54) is 6.41 Å². The van der Waals surface area contributed by atoms with Crippen LogP contribution in [0.3, 0.4) is 0 Å². The highest BCUT2D eigenvalue weighted by Crippen LogP contribution is 2.08. The monoisotopic (exact) mass is 248 g/mol. The van der Waals surface area contributed by atoms with Crippen molar-refractivity contribution in [3.05, 3.63) is 35.9 Å². The van der Waals surface area contributed by atoms with Crippen LogP contribution in [0.1, 0.15) is 29.6 Å². The molecule has 0 aliphatic heterocycles. The second-order valence-electron chi connectivity index (χ2n) is 3.82. The molecule has 0 bridgehead atoms. The lowest BCUT2D eigenvalue weighted by Crippen LogP contribution is -2.35. The summed E-state index contributed by atoms with van der Waals surface area (Å²) >= 11 is 0. The molecule has 1 amide bonds. The van der Waals surface area contributed by atoms with Crippen molar-refractivity contribution in [1.82, 2.24) is 5.32 Å². The average molecular weight is 248 g/mol. The van der Waals surface area contributed by atoms with Crippen molar-refractivity contribution >= 4 is 18.2 Å². The third kappa shape index (κ3) is 4.37. The molecule has 1 unspecified atom stereocenters. The fraction of sp³-hybridized carbons (Fsp3) is 0.308. The van der Waals surface area contributed by atoms with Gasteiger partial charge in [-0.05, 0) is 12.8 Å². The van der Waals surface area contributed by atoms with E-state index in [-0.39, 0.29) is 18.6 Å². The number of benzene rings is 1.